The summed E-state index contributed by atoms with van der Waals surface area (Å²) in [5.41, 5.74) is 0.438. The van der Waals surface area contributed by atoms with Gasteiger partial charge in [0.05, 0.1) is 13.5 Å². The molecule has 0 aromatic heterocycles. The van der Waals surface area contributed by atoms with Gasteiger partial charge in [-0.3, -0.25) is 14.4 Å². The average molecular weight is 362 g/mol. The predicted octanol–water partition coefficient (Wildman–Crippen LogP) is 1.92. The number of carbonyl (C=O) groups is 3. The van der Waals surface area contributed by atoms with Crippen molar-refractivity contribution in [1.29, 1.82) is 0 Å². The number of hydrogen-bond acceptors (Lipinski definition) is 4. The molecule has 1 aromatic rings. The molecule has 2 amide bonds. The third kappa shape index (κ3) is 4.74. The van der Waals surface area contributed by atoms with Crippen LogP contribution in [0.15, 0.2) is 24.3 Å². The molecule has 2 N–H and O–H groups in total. The number of methoxy groups -OCH3 is 1. The zero-order valence-corrected chi connectivity index (χ0v) is 15.4. The van der Waals surface area contributed by atoms with Crippen LogP contribution in [-0.4, -0.2) is 53.5 Å². The Balaban J connectivity index is 2.10. The summed E-state index contributed by atoms with van der Waals surface area (Å²) in [6.07, 6.45) is 1.39. The van der Waals surface area contributed by atoms with Crippen LogP contribution < -0.4 is 10.1 Å². The number of amides is 2. The molecule has 2 unspecified atom stereocenters. The van der Waals surface area contributed by atoms with E-state index in [4.69, 9.17) is 9.84 Å². The molecule has 2 atom stereocenters. The Bertz CT molecular complexity index is 656. The van der Waals surface area contributed by atoms with Crippen LogP contribution in [0.25, 0.3) is 0 Å². The normalized spacial score (nSPS) is 17.8. The SMILES string of the molecule is COc1ccc(C(=O)NC(C(=O)N2CCCC2CC(=O)O)C(C)C)cc1. The standard InChI is InChI=1S/C19H26N2O5/c1-12(2)17(19(25)21-10-4-5-14(21)11-16(22)23)20-18(24)13-6-8-15(26-3)9-7-13/h6-9,12,14,17H,4-5,10-11H2,1-3H3,(H,20,24)(H,22,23). The summed E-state index contributed by atoms with van der Waals surface area (Å²) >= 11 is 0. The van der Waals surface area contributed by atoms with Gasteiger partial charge in [-0.2, -0.15) is 0 Å². The summed E-state index contributed by atoms with van der Waals surface area (Å²) in [5, 5.41) is 11.8. The van der Waals surface area contributed by atoms with Crippen LogP contribution in [0.5, 0.6) is 5.75 Å². The van der Waals surface area contributed by atoms with Crippen molar-refractivity contribution in [3.8, 4) is 5.75 Å². The molecule has 0 bridgehead atoms. The summed E-state index contributed by atoms with van der Waals surface area (Å²) in [4.78, 5) is 38.1. The summed E-state index contributed by atoms with van der Waals surface area (Å²) in [6, 6.07) is 5.64. The molecule has 0 aliphatic carbocycles. The van der Waals surface area contributed by atoms with Gasteiger partial charge in [-0.15, -0.1) is 0 Å². The number of rotatable bonds is 7. The fourth-order valence-corrected chi connectivity index (χ4v) is 3.20. The fraction of sp³-hybridized carbons (Fsp3) is 0.526. The molecule has 7 heteroatoms. The van der Waals surface area contributed by atoms with Gasteiger partial charge in [0.1, 0.15) is 11.8 Å². The van der Waals surface area contributed by atoms with Gasteiger partial charge in [0.25, 0.3) is 5.91 Å². The summed E-state index contributed by atoms with van der Waals surface area (Å²) in [5.74, 6) is -0.945. The summed E-state index contributed by atoms with van der Waals surface area (Å²) < 4.78 is 5.08. The van der Waals surface area contributed by atoms with Crippen molar-refractivity contribution in [2.45, 2.75) is 45.2 Å². The van der Waals surface area contributed by atoms with Crippen molar-refractivity contribution in [3.63, 3.8) is 0 Å². The number of benzene rings is 1. The third-order valence-corrected chi connectivity index (χ3v) is 4.64. The molecular formula is C19H26N2O5. The Kier molecular flexibility index (Phi) is 6.60. The molecule has 7 nitrogen and oxygen atoms in total. The summed E-state index contributed by atoms with van der Waals surface area (Å²) in [6.45, 7) is 4.25. The Hall–Kier alpha value is -2.57. The van der Waals surface area contributed by atoms with Gasteiger partial charge in [-0.25, -0.2) is 0 Å². The second kappa shape index (κ2) is 8.69. The van der Waals surface area contributed by atoms with Gasteiger partial charge in [-0.05, 0) is 43.0 Å². The lowest BCUT2D eigenvalue weighted by molar-refractivity contribution is -0.140. The van der Waals surface area contributed by atoms with Crippen LogP contribution in [0, 0.1) is 5.92 Å². The molecule has 1 aliphatic rings. The minimum atomic E-state index is -0.918. The number of carboxylic acids is 1. The van der Waals surface area contributed by atoms with E-state index in [0.29, 0.717) is 24.3 Å². The second-order valence-electron chi connectivity index (χ2n) is 6.85. The van der Waals surface area contributed by atoms with Crippen LogP contribution >= 0.6 is 0 Å². The number of nitrogens with zero attached hydrogens (tertiary/aromatic N) is 1. The van der Waals surface area contributed by atoms with Crippen LogP contribution in [0.2, 0.25) is 0 Å². The Morgan fingerprint density at radius 2 is 1.92 bits per heavy atom. The van der Waals surface area contributed by atoms with Crippen LogP contribution in [0.3, 0.4) is 0 Å². The predicted molar refractivity (Wildman–Crippen MR) is 96.1 cm³/mol. The van der Waals surface area contributed by atoms with Gasteiger partial charge < -0.3 is 20.1 Å². The van der Waals surface area contributed by atoms with E-state index in [1.807, 2.05) is 13.8 Å². The van der Waals surface area contributed by atoms with Crippen molar-refractivity contribution in [1.82, 2.24) is 10.2 Å². The molecule has 0 spiro atoms. The van der Waals surface area contributed by atoms with E-state index in [2.05, 4.69) is 5.32 Å². The van der Waals surface area contributed by atoms with Gasteiger partial charge in [0, 0.05) is 18.2 Å². The lowest BCUT2D eigenvalue weighted by atomic mass is 10.0. The molecule has 1 saturated heterocycles. The molecular weight excluding hydrogens is 336 g/mol. The highest BCUT2D eigenvalue weighted by Crippen LogP contribution is 2.23. The van der Waals surface area contributed by atoms with E-state index < -0.39 is 12.0 Å². The first kappa shape index (κ1) is 19.8. The van der Waals surface area contributed by atoms with Crippen LogP contribution in [0.1, 0.15) is 43.5 Å². The van der Waals surface area contributed by atoms with Gasteiger partial charge in [0.15, 0.2) is 0 Å². The van der Waals surface area contributed by atoms with E-state index in [-0.39, 0.29) is 30.2 Å². The monoisotopic (exact) mass is 362 g/mol. The molecule has 0 saturated carbocycles. The fourth-order valence-electron chi connectivity index (χ4n) is 3.20. The van der Waals surface area contributed by atoms with Crippen molar-refractivity contribution < 1.29 is 24.2 Å². The number of nitrogens with one attached hydrogen (secondary N) is 1. The zero-order chi connectivity index (χ0) is 19.3. The molecule has 1 fully saturated rings. The third-order valence-electron chi connectivity index (χ3n) is 4.64. The maximum Gasteiger partial charge on any atom is 0.305 e. The first-order chi connectivity index (χ1) is 12.3. The molecule has 2 rings (SSSR count). The van der Waals surface area contributed by atoms with Crippen molar-refractivity contribution >= 4 is 17.8 Å². The number of hydrogen-bond donors (Lipinski definition) is 2. The number of likely N-dealkylation sites (tertiary alicyclic amines) is 1. The zero-order valence-electron chi connectivity index (χ0n) is 15.4. The minimum Gasteiger partial charge on any atom is -0.497 e. The Morgan fingerprint density at radius 3 is 2.46 bits per heavy atom. The average Bonchev–Trinajstić information content (AvgIpc) is 3.06. The number of carboxylic acid groups (broad SMARTS) is 1. The van der Waals surface area contributed by atoms with Crippen LogP contribution in [-0.2, 0) is 9.59 Å². The number of carbonyl (C=O) groups excluding carboxylic acids is 2. The lowest BCUT2D eigenvalue weighted by Crippen LogP contribution is -2.52. The first-order valence-electron chi connectivity index (χ1n) is 8.80. The second-order valence-corrected chi connectivity index (χ2v) is 6.85. The van der Waals surface area contributed by atoms with Crippen molar-refractivity contribution in [2.24, 2.45) is 5.92 Å². The highest BCUT2D eigenvalue weighted by molar-refractivity contribution is 5.97. The molecule has 1 heterocycles. The maximum atomic E-state index is 12.9. The van der Waals surface area contributed by atoms with Crippen molar-refractivity contribution in [2.75, 3.05) is 13.7 Å². The molecule has 1 aliphatic heterocycles. The van der Waals surface area contributed by atoms with E-state index in [0.717, 1.165) is 6.42 Å². The minimum absolute atomic E-state index is 0.0665. The molecule has 142 valence electrons. The Morgan fingerprint density at radius 1 is 1.27 bits per heavy atom. The number of aliphatic carboxylic acids is 1. The van der Waals surface area contributed by atoms with E-state index in [1.54, 1.807) is 36.3 Å². The number of ether oxygens (including phenoxy) is 1. The molecule has 0 radical (unpaired) electrons. The largest absolute Gasteiger partial charge is 0.497 e. The quantitative estimate of drug-likeness (QED) is 0.772. The van der Waals surface area contributed by atoms with E-state index >= 15 is 0 Å². The topological polar surface area (TPSA) is 95.9 Å². The van der Waals surface area contributed by atoms with Gasteiger partial charge in [-0.1, -0.05) is 13.8 Å². The van der Waals surface area contributed by atoms with Gasteiger partial charge >= 0.3 is 5.97 Å². The summed E-state index contributed by atoms with van der Waals surface area (Å²) in [7, 11) is 1.55. The Labute approximate surface area is 153 Å². The van der Waals surface area contributed by atoms with Gasteiger partial charge in [0.2, 0.25) is 5.91 Å². The van der Waals surface area contributed by atoms with E-state index in [1.165, 1.54) is 0 Å². The lowest BCUT2D eigenvalue weighted by Gasteiger charge is -2.30. The highest BCUT2D eigenvalue weighted by atomic mass is 16.5. The van der Waals surface area contributed by atoms with Crippen molar-refractivity contribution in [3.05, 3.63) is 29.8 Å². The van der Waals surface area contributed by atoms with Crippen LogP contribution in [0.4, 0.5) is 0 Å². The molecule has 1 aromatic carbocycles. The highest BCUT2D eigenvalue weighted by Gasteiger charge is 2.36. The maximum absolute atomic E-state index is 12.9. The first-order valence-corrected chi connectivity index (χ1v) is 8.80. The van der Waals surface area contributed by atoms with E-state index in [9.17, 15) is 14.4 Å². The smallest absolute Gasteiger partial charge is 0.305 e. The molecule has 26 heavy (non-hydrogen) atoms.